The zero-order chi connectivity index (χ0) is 16.5. The normalized spacial score (nSPS) is 11.3. The quantitative estimate of drug-likeness (QED) is 0.141. The van der Waals surface area contributed by atoms with Crippen LogP contribution in [0.15, 0.2) is 12.7 Å². The highest BCUT2D eigenvalue weighted by Gasteiger charge is 2.24. The van der Waals surface area contributed by atoms with Crippen molar-refractivity contribution in [2.45, 2.75) is 97.8 Å². The van der Waals surface area contributed by atoms with Crippen LogP contribution in [0.1, 0.15) is 97.8 Å². The summed E-state index contributed by atoms with van der Waals surface area (Å²) >= 11 is 0. The predicted molar refractivity (Wildman–Crippen MR) is 102 cm³/mol. The van der Waals surface area contributed by atoms with E-state index in [1.165, 1.54) is 108 Å². The fourth-order valence-electron chi connectivity index (χ4n) is 3.51. The molecular weight excluding hydrogens is 393 g/mol. The molecule has 0 bridgehead atoms. The highest BCUT2D eigenvalue weighted by Crippen LogP contribution is 2.17. The molecule has 0 amide bonds. The summed E-state index contributed by atoms with van der Waals surface area (Å²) in [6.07, 6.45) is 18.9. The first-order valence-electron chi connectivity index (χ1n) is 10.2. The summed E-state index contributed by atoms with van der Waals surface area (Å²) in [5.41, 5.74) is 0. The first-order valence-corrected chi connectivity index (χ1v) is 10.2. The van der Waals surface area contributed by atoms with Crippen molar-refractivity contribution in [3.05, 3.63) is 12.7 Å². The molecule has 0 N–H and O–H groups in total. The lowest BCUT2D eigenvalue weighted by Crippen LogP contribution is -3.00. The SMILES string of the molecule is C=CC[N+](CCCCCC)(CCCCCC)CCCCCC.[I-]. The van der Waals surface area contributed by atoms with Crippen molar-refractivity contribution < 1.29 is 28.5 Å². The van der Waals surface area contributed by atoms with E-state index in [9.17, 15) is 0 Å². The van der Waals surface area contributed by atoms with Gasteiger partial charge in [0, 0.05) is 0 Å². The van der Waals surface area contributed by atoms with Crippen LogP contribution in [-0.4, -0.2) is 30.7 Å². The van der Waals surface area contributed by atoms with Gasteiger partial charge in [-0.05, 0) is 44.6 Å². The fraction of sp³-hybridized carbons (Fsp3) is 0.905. The Morgan fingerprint density at radius 2 is 0.957 bits per heavy atom. The van der Waals surface area contributed by atoms with Gasteiger partial charge in [0.05, 0.1) is 26.2 Å². The molecule has 0 unspecified atom stereocenters. The highest BCUT2D eigenvalue weighted by molar-refractivity contribution is 4.67. The third-order valence-electron chi connectivity index (χ3n) is 4.97. The van der Waals surface area contributed by atoms with Crippen molar-refractivity contribution >= 4 is 0 Å². The van der Waals surface area contributed by atoms with Crippen LogP contribution in [0, 0.1) is 0 Å². The molecule has 0 radical (unpaired) electrons. The lowest BCUT2D eigenvalue weighted by molar-refractivity contribution is -0.923. The predicted octanol–water partition coefficient (Wildman–Crippen LogP) is 3.73. The number of rotatable bonds is 17. The standard InChI is InChI=1S/C21H44N.HI/c1-5-9-12-15-19-22(18-8-4,20-16-13-10-6-2)21-17-14-11-7-3;/h8H,4-7,9-21H2,1-3H3;1H/q+1;/p-1. The number of nitrogens with zero attached hydrogens (tertiary/aromatic N) is 1. The van der Waals surface area contributed by atoms with Crippen molar-refractivity contribution in [2.75, 3.05) is 26.2 Å². The number of quaternary nitrogens is 1. The molecule has 2 heteroatoms. The molecule has 0 atom stereocenters. The Morgan fingerprint density at radius 1 is 0.609 bits per heavy atom. The van der Waals surface area contributed by atoms with Crippen molar-refractivity contribution in [1.29, 1.82) is 0 Å². The first kappa shape index (κ1) is 25.7. The van der Waals surface area contributed by atoms with Gasteiger partial charge in [-0.25, -0.2) is 0 Å². The molecule has 0 heterocycles. The first-order chi connectivity index (χ1) is 10.7. The van der Waals surface area contributed by atoms with Crippen LogP contribution >= 0.6 is 0 Å². The maximum absolute atomic E-state index is 4.06. The monoisotopic (exact) mass is 437 g/mol. The zero-order valence-electron chi connectivity index (χ0n) is 16.4. The van der Waals surface area contributed by atoms with Crippen molar-refractivity contribution in [2.24, 2.45) is 0 Å². The second-order valence-electron chi connectivity index (χ2n) is 7.17. The van der Waals surface area contributed by atoms with Crippen molar-refractivity contribution in [1.82, 2.24) is 0 Å². The average Bonchev–Trinajstić information content (AvgIpc) is 2.53. The second-order valence-corrected chi connectivity index (χ2v) is 7.17. The minimum absolute atomic E-state index is 0. The molecule has 0 aromatic carbocycles. The van der Waals surface area contributed by atoms with E-state index in [2.05, 4.69) is 33.4 Å². The summed E-state index contributed by atoms with van der Waals surface area (Å²) in [6, 6.07) is 0. The third kappa shape index (κ3) is 14.5. The van der Waals surface area contributed by atoms with Crippen LogP contribution < -0.4 is 24.0 Å². The lowest BCUT2D eigenvalue weighted by Gasteiger charge is -2.38. The van der Waals surface area contributed by atoms with E-state index in [-0.39, 0.29) is 24.0 Å². The summed E-state index contributed by atoms with van der Waals surface area (Å²) < 4.78 is 1.32. The molecular formula is C21H44IN. The maximum Gasteiger partial charge on any atom is 0.0971 e. The fourth-order valence-corrected chi connectivity index (χ4v) is 3.51. The Hall–Kier alpha value is 0.430. The van der Waals surface area contributed by atoms with Crippen LogP contribution in [0.5, 0.6) is 0 Å². The summed E-state index contributed by atoms with van der Waals surface area (Å²) in [6.45, 7) is 16.3. The largest absolute Gasteiger partial charge is 1.00 e. The van der Waals surface area contributed by atoms with E-state index < -0.39 is 0 Å². The van der Waals surface area contributed by atoms with Crippen LogP contribution in [0.4, 0.5) is 0 Å². The Labute approximate surface area is 164 Å². The molecule has 0 aliphatic heterocycles. The minimum atomic E-state index is 0. The van der Waals surface area contributed by atoms with Gasteiger partial charge in [-0.2, -0.15) is 0 Å². The van der Waals surface area contributed by atoms with E-state index in [1.807, 2.05) is 0 Å². The van der Waals surface area contributed by atoms with Gasteiger partial charge in [0.15, 0.2) is 0 Å². The van der Waals surface area contributed by atoms with Crippen LogP contribution in [0.3, 0.4) is 0 Å². The Bertz CT molecular complexity index is 209. The van der Waals surface area contributed by atoms with Crippen LogP contribution in [0.2, 0.25) is 0 Å². The van der Waals surface area contributed by atoms with Gasteiger partial charge in [-0.15, -0.1) is 0 Å². The minimum Gasteiger partial charge on any atom is -1.00 e. The number of unbranched alkanes of at least 4 members (excludes halogenated alkanes) is 9. The molecule has 0 saturated carbocycles. The topological polar surface area (TPSA) is 0 Å². The number of hydrogen-bond acceptors (Lipinski definition) is 0. The van der Waals surface area contributed by atoms with Crippen molar-refractivity contribution in [3.8, 4) is 0 Å². The molecule has 0 spiro atoms. The van der Waals surface area contributed by atoms with Gasteiger partial charge < -0.3 is 28.5 Å². The van der Waals surface area contributed by atoms with E-state index in [1.54, 1.807) is 0 Å². The Balaban J connectivity index is 0. The Kier molecular flexibility index (Phi) is 20.9. The number of halogens is 1. The molecule has 0 saturated heterocycles. The van der Waals surface area contributed by atoms with Gasteiger partial charge in [-0.3, -0.25) is 0 Å². The smallest absolute Gasteiger partial charge is 0.0971 e. The molecule has 0 aliphatic rings. The van der Waals surface area contributed by atoms with Gasteiger partial charge in [0.2, 0.25) is 0 Å². The summed E-state index contributed by atoms with van der Waals surface area (Å²) in [5, 5.41) is 0. The molecule has 140 valence electrons. The molecule has 0 rings (SSSR count). The maximum atomic E-state index is 4.06. The van der Waals surface area contributed by atoms with E-state index in [0.29, 0.717) is 0 Å². The van der Waals surface area contributed by atoms with Gasteiger partial charge in [0.1, 0.15) is 0 Å². The molecule has 0 fully saturated rings. The average molecular weight is 437 g/mol. The van der Waals surface area contributed by atoms with E-state index >= 15 is 0 Å². The highest BCUT2D eigenvalue weighted by atomic mass is 127. The van der Waals surface area contributed by atoms with Gasteiger partial charge >= 0.3 is 0 Å². The molecule has 23 heavy (non-hydrogen) atoms. The van der Waals surface area contributed by atoms with Crippen molar-refractivity contribution in [3.63, 3.8) is 0 Å². The van der Waals surface area contributed by atoms with Crippen LogP contribution in [0.25, 0.3) is 0 Å². The van der Waals surface area contributed by atoms with Gasteiger partial charge in [-0.1, -0.05) is 65.9 Å². The summed E-state index contributed by atoms with van der Waals surface area (Å²) in [5.74, 6) is 0. The Morgan fingerprint density at radius 3 is 1.22 bits per heavy atom. The molecule has 0 aliphatic carbocycles. The van der Waals surface area contributed by atoms with Gasteiger partial charge in [0.25, 0.3) is 0 Å². The van der Waals surface area contributed by atoms with Crippen LogP contribution in [-0.2, 0) is 0 Å². The van der Waals surface area contributed by atoms with E-state index in [4.69, 9.17) is 0 Å². The van der Waals surface area contributed by atoms with E-state index in [0.717, 1.165) is 0 Å². The molecule has 1 nitrogen and oxygen atoms in total. The summed E-state index contributed by atoms with van der Waals surface area (Å²) in [4.78, 5) is 0. The zero-order valence-corrected chi connectivity index (χ0v) is 18.6. The molecule has 0 aromatic heterocycles. The molecule has 0 aromatic rings. The second kappa shape index (κ2) is 18.8. The third-order valence-corrected chi connectivity index (χ3v) is 4.97. The lowest BCUT2D eigenvalue weighted by atomic mass is 10.1. The summed E-state index contributed by atoms with van der Waals surface area (Å²) in [7, 11) is 0. The number of hydrogen-bond donors (Lipinski definition) is 0.